The second-order valence-corrected chi connectivity index (χ2v) is 4.32. The van der Waals surface area contributed by atoms with E-state index in [1.54, 1.807) is 24.5 Å². The van der Waals surface area contributed by atoms with Crippen molar-refractivity contribution in [2.45, 2.75) is 13.8 Å². The summed E-state index contributed by atoms with van der Waals surface area (Å²) >= 11 is 0. The molecule has 0 saturated heterocycles. The van der Waals surface area contributed by atoms with Gasteiger partial charge >= 0.3 is 0 Å². The van der Waals surface area contributed by atoms with Gasteiger partial charge in [-0.15, -0.1) is 0 Å². The van der Waals surface area contributed by atoms with Gasteiger partial charge < -0.3 is 10.7 Å². The lowest BCUT2D eigenvalue weighted by atomic mass is 10.1. The lowest BCUT2D eigenvalue weighted by molar-refractivity contribution is 0.102. The van der Waals surface area contributed by atoms with E-state index in [9.17, 15) is 4.79 Å². The van der Waals surface area contributed by atoms with Gasteiger partial charge in [-0.05, 0) is 49.2 Å². The van der Waals surface area contributed by atoms with Crippen LogP contribution >= 0.6 is 0 Å². The number of hydrazine groups is 1. The molecule has 1 heterocycles. The number of nitrogens with two attached hydrogens (primary N) is 1. The number of anilines is 2. The van der Waals surface area contributed by atoms with Gasteiger partial charge in [0, 0.05) is 17.4 Å². The molecule has 1 aromatic carbocycles. The molecule has 1 aromatic heterocycles. The monoisotopic (exact) mass is 256 g/mol. The highest BCUT2D eigenvalue weighted by molar-refractivity contribution is 6.05. The zero-order chi connectivity index (χ0) is 13.8. The van der Waals surface area contributed by atoms with Crippen molar-refractivity contribution in [2.75, 3.05) is 10.7 Å². The number of aryl methyl sites for hydroxylation is 2. The predicted octanol–water partition coefficient (Wildman–Crippen LogP) is 2.24. The fraction of sp³-hybridized carbons (Fsp3) is 0.143. The van der Waals surface area contributed by atoms with E-state index >= 15 is 0 Å². The molecule has 98 valence electrons. The van der Waals surface area contributed by atoms with Gasteiger partial charge in [0.15, 0.2) is 0 Å². The molecular formula is C14H16N4O. The van der Waals surface area contributed by atoms with Crippen molar-refractivity contribution in [3.05, 3.63) is 53.3 Å². The number of nitrogens with one attached hydrogen (secondary N) is 2. The number of nitrogen functional groups attached to an aromatic ring is 1. The summed E-state index contributed by atoms with van der Waals surface area (Å²) in [6.07, 6.45) is 3.33. The summed E-state index contributed by atoms with van der Waals surface area (Å²) in [5, 5.41) is 2.85. The second kappa shape index (κ2) is 5.49. The number of rotatable bonds is 3. The fourth-order valence-electron chi connectivity index (χ4n) is 1.79. The van der Waals surface area contributed by atoms with Crippen molar-refractivity contribution in [3.8, 4) is 0 Å². The van der Waals surface area contributed by atoms with E-state index in [4.69, 9.17) is 5.84 Å². The van der Waals surface area contributed by atoms with Crippen molar-refractivity contribution in [3.63, 3.8) is 0 Å². The third-order valence-corrected chi connectivity index (χ3v) is 2.92. The molecule has 19 heavy (non-hydrogen) atoms. The Kier molecular flexibility index (Phi) is 3.77. The number of hydrogen-bond acceptors (Lipinski definition) is 4. The highest BCUT2D eigenvalue weighted by atomic mass is 16.1. The van der Waals surface area contributed by atoms with Gasteiger partial charge in [-0.1, -0.05) is 0 Å². The summed E-state index contributed by atoms with van der Waals surface area (Å²) in [6.45, 7) is 3.79. The number of nitrogens with zero attached hydrogens (tertiary/aromatic N) is 1. The number of aromatic nitrogens is 1. The molecule has 0 unspecified atom stereocenters. The van der Waals surface area contributed by atoms with Gasteiger partial charge in [0.1, 0.15) is 0 Å². The van der Waals surface area contributed by atoms with Crippen LogP contribution < -0.4 is 16.6 Å². The number of benzene rings is 1. The molecule has 0 saturated carbocycles. The van der Waals surface area contributed by atoms with Crippen LogP contribution in [0, 0.1) is 13.8 Å². The molecule has 5 nitrogen and oxygen atoms in total. The summed E-state index contributed by atoms with van der Waals surface area (Å²) in [5.74, 6) is 5.17. The van der Waals surface area contributed by atoms with E-state index in [1.807, 2.05) is 26.0 Å². The summed E-state index contributed by atoms with van der Waals surface area (Å²) in [7, 11) is 0. The maximum atomic E-state index is 12.2. The molecule has 0 fully saturated rings. The second-order valence-electron chi connectivity index (χ2n) is 4.32. The average Bonchev–Trinajstić information content (AvgIpc) is 2.41. The van der Waals surface area contributed by atoms with Crippen LogP contribution in [0.25, 0.3) is 0 Å². The van der Waals surface area contributed by atoms with Gasteiger partial charge in [-0.25, -0.2) is 0 Å². The maximum Gasteiger partial charge on any atom is 0.255 e. The predicted molar refractivity (Wildman–Crippen MR) is 75.9 cm³/mol. The molecule has 0 spiro atoms. The molecule has 0 radical (unpaired) electrons. The summed E-state index contributed by atoms with van der Waals surface area (Å²) in [5.41, 5.74) is 6.48. The van der Waals surface area contributed by atoms with Crippen molar-refractivity contribution >= 4 is 17.3 Å². The van der Waals surface area contributed by atoms with Crippen LogP contribution in [-0.4, -0.2) is 10.9 Å². The largest absolute Gasteiger partial charge is 0.324 e. The SMILES string of the molecule is Cc1ccncc1NC(=O)c1ccc(NN)cc1C. The zero-order valence-corrected chi connectivity index (χ0v) is 10.9. The Morgan fingerprint density at radius 1 is 1.21 bits per heavy atom. The molecule has 0 bridgehead atoms. The van der Waals surface area contributed by atoms with Crippen LogP contribution in [-0.2, 0) is 0 Å². The Morgan fingerprint density at radius 2 is 2.00 bits per heavy atom. The number of hydrogen-bond donors (Lipinski definition) is 3. The third-order valence-electron chi connectivity index (χ3n) is 2.92. The maximum absolute atomic E-state index is 12.2. The fourth-order valence-corrected chi connectivity index (χ4v) is 1.79. The first-order valence-electron chi connectivity index (χ1n) is 5.91. The molecular weight excluding hydrogens is 240 g/mol. The quantitative estimate of drug-likeness (QED) is 0.581. The standard InChI is InChI=1S/C14H16N4O/c1-9-5-6-16-8-13(9)17-14(19)12-4-3-11(18-15)7-10(12)2/h3-8,18H,15H2,1-2H3,(H,17,19). The van der Waals surface area contributed by atoms with Crippen LogP contribution in [0.1, 0.15) is 21.5 Å². The van der Waals surface area contributed by atoms with E-state index in [0.717, 1.165) is 16.8 Å². The molecule has 2 rings (SSSR count). The molecule has 0 aliphatic carbocycles. The first-order chi connectivity index (χ1) is 9.11. The first kappa shape index (κ1) is 13.0. The smallest absolute Gasteiger partial charge is 0.255 e. The van der Waals surface area contributed by atoms with Crippen molar-refractivity contribution in [1.82, 2.24) is 4.98 Å². The summed E-state index contributed by atoms with van der Waals surface area (Å²) < 4.78 is 0. The van der Waals surface area contributed by atoms with Gasteiger partial charge in [-0.2, -0.15) is 0 Å². The minimum absolute atomic E-state index is 0.155. The topological polar surface area (TPSA) is 80.0 Å². The van der Waals surface area contributed by atoms with Crippen LogP contribution in [0.15, 0.2) is 36.7 Å². The lowest BCUT2D eigenvalue weighted by Crippen LogP contribution is -2.15. The molecule has 1 amide bonds. The van der Waals surface area contributed by atoms with Crippen LogP contribution in [0.4, 0.5) is 11.4 Å². The lowest BCUT2D eigenvalue weighted by Gasteiger charge is -2.10. The van der Waals surface area contributed by atoms with Gasteiger partial charge in [0.2, 0.25) is 0 Å². The van der Waals surface area contributed by atoms with Crippen LogP contribution in [0.2, 0.25) is 0 Å². The Morgan fingerprint density at radius 3 is 2.63 bits per heavy atom. The van der Waals surface area contributed by atoms with Crippen molar-refractivity contribution in [1.29, 1.82) is 0 Å². The first-order valence-corrected chi connectivity index (χ1v) is 5.91. The summed E-state index contributed by atoms with van der Waals surface area (Å²) in [4.78, 5) is 16.2. The van der Waals surface area contributed by atoms with Crippen molar-refractivity contribution < 1.29 is 4.79 Å². The number of pyridine rings is 1. The third kappa shape index (κ3) is 2.89. The van der Waals surface area contributed by atoms with E-state index in [1.165, 1.54) is 0 Å². The minimum atomic E-state index is -0.155. The Labute approximate surface area is 111 Å². The van der Waals surface area contributed by atoms with Crippen LogP contribution in [0.5, 0.6) is 0 Å². The molecule has 2 aromatic rings. The van der Waals surface area contributed by atoms with Gasteiger partial charge in [-0.3, -0.25) is 15.6 Å². The van der Waals surface area contributed by atoms with E-state index in [-0.39, 0.29) is 5.91 Å². The molecule has 5 heteroatoms. The Hall–Kier alpha value is -2.40. The molecule has 0 aliphatic rings. The minimum Gasteiger partial charge on any atom is -0.324 e. The van der Waals surface area contributed by atoms with Crippen molar-refractivity contribution in [2.24, 2.45) is 5.84 Å². The normalized spacial score (nSPS) is 10.1. The van der Waals surface area contributed by atoms with E-state index < -0.39 is 0 Å². The van der Waals surface area contributed by atoms with Crippen LogP contribution in [0.3, 0.4) is 0 Å². The van der Waals surface area contributed by atoms with Gasteiger partial charge in [0.25, 0.3) is 5.91 Å². The average molecular weight is 256 g/mol. The highest BCUT2D eigenvalue weighted by Crippen LogP contribution is 2.17. The number of amides is 1. The number of carbonyl (C=O) groups excluding carboxylic acids is 1. The molecule has 4 N–H and O–H groups in total. The molecule has 0 aliphatic heterocycles. The Balaban J connectivity index is 2.23. The zero-order valence-electron chi connectivity index (χ0n) is 10.9. The Bertz CT molecular complexity index is 610. The molecule has 0 atom stereocenters. The number of carbonyl (C=O) groups is 1. The highest BCUT2D eigenvalue weighted by Gasteiger charge is 2.10. The van der Waals surface area contributed by atoms with Gasteiger partial charge in [0.05, 0.1) is 11.9 Å². The summed E-state index contributed by atoms with van der Waals surface area (Å²) in [6, 6.07) is 7.18. The van der Waals surface area contributed by atoms with E-state index in [0.29, 0.717) is 11.3 Å². The van der Waals surface area contributed by atoms with E-state index in [2.05, 4.69) is 15.7 Å².